The highest BCUT2D eigenvalue weighted by atomic mass is 35.5. The van der Waals surface area contributed by atoms with Gasteiger partial charge >= 0.3 is 0 Å². The lowest BCUT2D eigenvalue weighted by Gasteiger charge is -2.24. The second-order valence-corrected chi connectivity index (χ2v) is 6.23. The molecule has 1 fully saturated rings. The molecule has 1 N–H and O–H groups in total. The number of benzene rings is 1. The Morgan fingerprint density at radius 2 is 2.10 bits per heavy atom. The lowest BCUT2D eigenvalue weighted by molar-refractivity contribution is -0.112. The van der Waals surface area contributed by atoms with Crippen molar-refractivity contribution in [3.8, 4) is 0 Å². The quantitative estimate of drug-likeness (QED) is 0.851. The fourth-order valence-corrected chi connectivity index (χ4v) is 3.49. The average molecular weight is 307 g/mol. The number of hydrogen-bond acceptors (Lipinski definition) is 3. The second kappa shape index (κ2) is 5.68. The van der Waals surface area contributed by atoms with Crippen LogP contribution < -0.4 is 10.2 Å². The number of nitrogens with one attached hydrogen (secondary N) is 1. The normalized spacial score (nSPS) is 22.0. The van der Waals surface area contributed by atoms with Crippen LogP contribution in [0.1, 0.15) is 43.0 Å². The van der Waals surface area contributed by atoms with Crippen molar-refractivity contribution in [3.63, 3.8) is 0 Å². The summed E-state index contributed by atoms with van der Waals surface area (Å²) in [4.78, 5) is 25.4. The number of rotatable bonds is 2. The summed E-state index contributed by atoms with van der Waals surface area (Å²) < 4.78 is 0. The van der Waals surface area contributed by atoms with Gasteiger partial charge < -0.3 is 10.2 Å². The first kappa shape index (κ1) is 14.4. The van der Waals surface area contributed by atoms with Gasteiger partial charge in [0.2, 0.25) is 0 Å². The van der Waals surface area contributed by atoms with E-state index in [1.165, 1.54) is 12.8 Å². The van der Waals surface area contributed by atoms with Crippen molar-refractivity contribution in [2.24, 2.45) is 5.92 Å². The molecule has 1 amide bonds. The third-order valence-corrected chi connectivity index (χ3v) is 4.85. The van der Waals surface area contributed by atoms with Crippen LogP contribution >= 0.6 is 11.6 Å². The van der Waals surface area contributed by atoms with E-state index in [0.717, 1.165) is 37.5 Å². The smallest absolute Gasteiger partial charge is 0.296 e. The zero-order valence-electron chi connectivity index (χ0n) is 12.1. The first-order valence-corrected chi connectivity index (χ1v) is 7.92. The molecule has 2 heterocycles. The molecule has 1 aromatic carbocycles. The standard InChI is InChI=1S/C16H19ClN2O2/c1-2-10-4-3-6-19(7-5-10)14-9-13-11(8-12(14)17)15(20)16(21)18-13/h8-10H,2-7H2,1H3,(H,18,20,21). The molecule has 4 nitrogen and oxygen atoms in total. The van der Waals surface area contributed by atoms with Crippen molar-refractivity contribution in [1.29, 1.82) is 0 Å². The average Bonchev–Trinajstić information content (AvgIpc) is 2.68. The summed E-state index contributed by atoms with van der Waals surface area (Å²) in [5, 5.41) is 3.17. The van der Waals surface area contributed by atoms with E-state index in [1.54, 1.807) is 6.07 Å². The number of carbonyl (C=O) groups excluding carboxylic acids is 2. The lowest BCUT2D eigenvalue weighted by atomic mass is 9.98. The van der Waals surface area contributed by atoms with E-state index in [4.69, 9.17) is 11.6 Å². The Kier molecular flexibility index (Phi) is 3.89. The Morgan fingerprint density at radius 1 is 1.29 bits per heavy atom. The zero-order chi connectivity index (χ0) is 15.0. The molecule has 1 unspecified atom stereocenters. The lowest BCUT2D eigenvalue weighted by Crippen LogP contribution is -2.24. The summed E-state index contributed by atoms with van der Waals surface area (Å²) in [6.07, 6.45) is 4.79. The Balaban J connectivity index is 1.88. The number of carbonyl (C=O) groups is 2. The number of anilines is 2. The van der Waals surface area contributed by atoms with Gasteiger partial charge in [-0.05, 0) is 37.3 Å². The van der Waals surface area contributed by atoms with Crippen LogP contribution in [-0.2, 0) is 4.79 Å². The van der Waals surface area contributed by atoms with E-state index >= 15 is 0 Å². The van der Waals surface area contributed by atoms with Gasteiger partial charge in [0.1, 0.15) is 0 Å². The molecule has 21 heavy (non-hydrogen) atoms. The van der Waals surface area contributed by atoms with Gasteiger partial charge in [0.25, 0.3) is 11.7 Å². The first-order valence-electron chi connectivity index (χ1n) is 7.54. The molecule has 0 spiro atoms. The van der Waals surface area contributed by atoms with Gasteiger partial charge in [-0.3, -0.25) is 9.59 Å². The predicted octanol–water partition coefficient (Wildman–Crippen LogP) is 3.49. The van der Waals surface area contributed by atoms with Gasteiger partial charge in [-0.1, -0.05) is 24.9 Å². The highest BCUT2D eigenvalue weighted by Crippen LogP contribution is 2.36. The number of amides is 1. The molecule has 1 aromatic rings. The summed E-state index contributed by atoms with van der Waals surface area (Å²) in [5.74, 6) is -0.287. The van der Waals surface area contributed by atoms with Gasteiger partial charge in [-0.2, -0.15) is 0 Å². The number of halogens is 1. The molecule has 112 valence electrons. The van der Waals surface area contributed by atoms with Crippen LogP contribution in [-0.4, -0.2) is 24.8 Å². The highest BCUT2D eigenvalue weighted by Gasteiger charge is 2.30. The van der Waals surface area contributed by atoms with E-state index in [-0.39, 0.29) is 0 Å². The molecule has 5 heteroatoms. The third-order valence-electron chi connectivity index (χ3n) is 4.55. The Hall–Kier alpha value is -1.55. The van der Waals surface area contributed by atoms with E-state index in [0.29, 0.717) is 16.3 Å². The summed E-state index contributed by atoms with van der Waals surface area (Å²) in [6.45, 7) is 4.18. The minimum absolute atomic E-state index is 0.384. The van der Waals surface area contributed by atoms with Gasteiger partial charge in [-0.25, -0.2) is 0 Å². The SMILES string of the molecule is CCC1CCCN(c2cc3c(cc2Cl)C(=O)C(=O)N3)CC1. The minimum atomic E-state index is -0.569. The van der Waals surface area contributed by atoms with Gasteiger partial charge in [-0.15, -0.1) is 0 Å². The van der Waals surface area contributed by atoms with Crippen LogP contribution in [0.2, 0.25) is 5.02 Å². The largest absolute Gasteiger partial charge is 0.370 e. The summed E-state index contributed by atoms with van der Waals surface area (Å²) >= 11 is 6.34. The molecule has 1 saturated heterocycles. The topological polar surface area (TPSA) is 49.4 Å². The molecule has 2 aliphatic rings. The van der Waals surface area contributed by atoms with E-state index in [2.05, 4.69) is 17.1 Å². The molecular formula is C16H19ClN2O2. The molecule has 0 aromatic heterocycles. The number of hydrogen-bond donors (Lipinski definition) is 1. The molecule has 0 bridgehead atoms. The second-order valence-electron chi connectivity index (χ2n) is 5.82. The van der Waals surface area contributed by atoms with Crippen molar-refractivity contribution in [2.75, 3.05) is 23.3 Å². The van der Waals surface area contributed by atoms with Gasteiger partial charge in [0.15, 0.2) is 0 Å². The molecule has 1 atom stereocenters. The maximum absolute atomic E-state index is 11.7. The first-order chi connectivity index (χ1) is 10.1. The minimum Gasteiger partial charge on any atom is -0.370 e. The molecule has 0 radical (unpaired) electrons. The zero-order valence-corrected chi connectivity index (χ0v) is 12.9. The van der Waals surface area contributed by atoms with Crippen molar-refractivity contribution >= 4 is 34.7 Å². The Morgan fingerprint density at radius 3 is 2.86 bits per heavy atom. The summed E-state index contributed by atoms with van der Waals surface area (Å²) in [6, 6.07) is 3.46. The number of nitrogens with zero attached hydrogens (tertiary/aromatic N) is 1. The van der Waals surface area contributed by atoms with Crippen LogP contribution in [0.4, 0.5) is 11.4 Å². The Labute approximate surface area is 129 Å². The molecule has 0 saturated carbocycles. The maximum Gasteiger partial charge on any atom is 0.296 e. The molecule has 0 aliphatic carbocycles. The van der Waals surface area contributed by atoms with E-state index in [1.807, 2.05) is 6.07 Å². The summed E-state index contributed by atoms with van der Waals surface area (Å²) in [7, 11) is 0. The highest BCUT2D eigenvalue weighted by molar-refractivity contribution is 6.52. The third kappa shape index (κ3) is 2.64. The van der Waals surface area contributed by atoms with Crippen LogP contribution in [0.25, 0.3) is 0 Å². The van der Waals surface area contributed by atoms with Crippen molar-refractivity contribution in [2.45, 2.75) is 32.6 Å². The summed E-state index contributed by atoms with van der Waals surface area (Å²) in [5.41, 5.74) is 1.89. The van der Waals surface area contributed by atoms with E-state index < -0.39 is 11.7 Å². The Bertz CT molecular complexity index is 600. The van der Waals surface area contributed by atoms with Crippen LogP contribution in [0.15, 0.2) is 12.1 Å². The molecule has 2 aliphatic heterocycles. The van der Waals surface area contributed by atoms with Crippen LogP contribution in [0, 0.1) is 5.92 Å². The van der Waals surface area contributed by atoms with E-state index in [9.17, 15) is 9.59 Å². The van der Waals surface area contributed by atoms with Crippen LogP contribution in [0.5, 0.6) is 0 Å². The van der Waals surface area contributed by atoms with Crippen molar-refractivity contribution in [3.05, 3.63) is 22.7 Å². The fraction of sp³-hybridized carbons (Fsp3) is 0.500. The van der Waals surface area contributed by atoms with Gasteiger partial charge in [0.05, 0.1) is 22.0 Å². The molecule has 3 rings (SSSR count). The fourth-order valence-electron chi connectivity index (χ4n) is 3.21. The van der Waals surface area contributed by atoms with Crippen molar-refractivity contribution in [1.82, 2.24) is 0 Å². The number of fused-ring (bicyclic) bond motifs is 1. The van der Waals surface area contributed by atoms with Crippen molar-refractivity contribution < 1.29 is 9.59 Å². The monoisotopic (exact) mass is 306 g/mol. The number of Topliss-reactive ketones (excluding diaryl/α,β-unsaturated/α-hetero) is 1. The van der Waals surface area contributed by atoms with Gasteiger partial charge in [0, 0.05) is 13.1 Å². The maximum atomic E-state index is 11.7. The number of ketones is 1. The van der Waals surface area contributed by atoms with Crippen LogP contribution in [0.3, 0.4) is 0 Å². The predicted molar refractivity (Wildman–Crippen MR) is 84.3 cm³/mol. The molecular weight excluding hydrogens is 288 g/mol.